The van der Waals surface area contributed by atoms with Gasteiger partial charge in [0.2, 0.25) is 0 Å². The van der Waals surface area contributed by atoms with E-state index in [1.165, 1.54) is 5.56 Å². The van der Waals surface area contributed by atoms with E-state index in [0.29, 0.717) is 17.2 Å². The summed E-state index contributed by atoms with van der Waals surface area (Å²) in [5.41, 5.74) is 1.75. The minimum absolute atomic E-state index is 0.349. The van der Waals surface area contributed by atoms with Crippen molar-refractivity contribution < 1.29 is 9.53 Å². The van der Waals surface area contributed by atoms with Crippen LogP contribution in [-0.2, 0) is 0 Å². The number of carbonyl (C=O) groups is 1. The molecule has 0 spiro atoms. The van der Waals surface area contributed by atoms with Gasteiger partial charge < -0.3 is 4.74 Å². The van der Waals surface area contributed by atoms with Crippen LogP contribution in [-0.4, -0.2) is 5.97 Å². The monoisotopic (exact) mass is 318 g/mol. The van der Waals surface area contributed by atoms with Crippen LogP contribution in [0.1, 0.15) is 35.7 Å². The second-order valence-electron chi connectivity index (χ2n) is 4.62. The van der Waals surface area contributed by atoms with Gasteiger partial charge in [-0.15, -0.1) is 0 Å². The summed E-state index contributed by atoms with van der Waals surface area (Å²) in [6, 6.07) is 14.8. The third-order valence-corrected chi connectivity index (χ3v) is 3.31. The third-order valence-electron chi connectivity index (χ3n) is 2.82. The summed E-state index contributed by atoms with van der Waals surface area (Å²) in [5.74, 6) is 0.683. The number of halogens is 1. The standard InChI is InChI=1S/C16H15BrO2/c1-11(2)12-6-8-15(9-7-12)19-16(18)13-4-3-5-14(17)10-13/h3-11H,1-2H3. The molecule has 0 atom stereocenters. The van der Waals surface area contributed by atoms with Crippen LogP contribution in [0.25, 0.3) is 0 Å². The Kier molecular flexibility index (Phi) is 4.38. The van der Waals surface area contributed by atoms with Crippen molar-refractivity contribution in [3.63, 3.8) is 0 Å². The number of hydrogen-bond donors (Lipinski definition) is 0. The quantitative estimate of drug-likeness (QED) is 0.600. The number of esters is 1. The molecule has 0 saturated heterocycles. The molecule has 19 heavy (non-hydrogen) atoms. The van der Waals surface area contributed by atoms with E-state index in [2.05, 4.69) is 29.8 Å². The summed E-state index contributed by atoms with van der Waals surface area (Å²) in [5, 5.41) is 0. The van der Waals surface area contributed by atoms with E-state index in [1.807, 2.05) is 36.4 Å². The molecule has 2 aromatic carbocycles. The molecule has 98 valence electrons. The Bertz CT molecular complexity index is 574. The summed E-state index contributed by atoms with van der Waals surface area (Å²) in [6.07, 6.45) is 0. The number of carbonyl (C=O) groups excluding carboxylic acids is 1. The zero-order valence-corrected chi connectivity index (χ0v) is 12.5. The molecular formula is C16H15BrO2. The van der Waals surface area contributed by atoms with Gasteiger partial charge in [-0.05, 0) is 41.8 Å². The first-order valence-electron chi connectivity index (χ1n) is 6.14. The van der Waals surface area contributed by atoms with Crippen LogP contribution in [0.5, 0.6) is 5.75 Å². The highest BCUT2D eigenvalue weighted by atomic mass is 79.9. The fraction of sp³-hybridized carbons (Fsp3) is 0.188. The first kappa shape index (κ1) is 13.8. The van der Waals surface area contributed by atoms with Crippen molar-refractivity contribution in [1.82, 2.24) is 0 Å². The highest BCUT2D eigenvalue weighted by Gasteiger charge is 2.09. The summed E-state index contributed by atoms with van der Waals surface area (Å²) >= 11 is 3.33. The molecule has 3 heteroatoms. The molecule has 2 rings (SSSR count). The highest BCUT2D eigenvalue weighted by molar-refractivity contribution is 9.10. The van der Waals surface area contributed by atoms with Crippen LogP contribution >= 0.6 is 15.9 Å². The van der Waals surface area contributed by atoms with Crippen molar-refractivity contribution in [1.29, 1.82) is 0 Å². The second kappa shape index (κ2) is 6.02. The Morgan fingerprint density at radius 2 is 1.79 bits per heavy atom. The van der Waals surface area contributed by atoms with Crippen molar-refractivity contribution in [3.05, 3.63) is 64.1 Å². The van der Waals surface area contributed by atoms with Gasteiger partial charge in [0.1, 0.15) is 5.75 Å². The van der Waals surface area contributed by atoms with E-state index < -0.39 is 0 Å². The van der Waals surface area contributed by atoms with E-state index in [1.54, 1.807) is 12.1 Å². The molecule has 0 unspecified atom stereocenters. The molecule has 0 radical (unpaired) electrons. The molecule has 0 aliphatic rings. The van der Waals surface area contributed by atoms with Crippen molar-refractivity contribution in [3.8, 4) is 5.75 Å². The van der Waals surface area contributed by atoms with E-state index in [0.717, 1.165) is 4.47 Å². The molecule has 0 saturated carbocycles. The van der Waals surface area contributed by atoms with Gasteiger partial charge >= 0.3 is 5.97 Å². The zero-order chi connectivity index (χ0) is 13.8. The van der Waals surface area contributed by atoms with Crippen LogP contribution in [0.15, 0.2) is 53.0 Å². The molecule has 0 amide bonds. The molecule has 0 aliphatic heterocycles. The van der Waals surface area contributed by atoms with Crippen LogP contribution in [0.2, 0.25) is 0 Å². The van der Waals surface area contributed by atoms with Crippen molar-refractivity contribution >= 4 is 21.9 Å². The van der Waals surface area contributed by atoms with Crippen LogP contribution < -0.4 is 4.74 Å². The molecule has 0 N–H and O–H groups in total. The lowest BCUT2D eigenvalue weighted by atomic mass is 10.0. The van der Waals surface area contributed by atoms with Gasteiger partial charge in [-0.3, -0.25) is 0 Å². The topological polar surface area (TPSA) is 26.3 Å². The van der Waals surface area contributed by atoms with E-state index in [-0.39, 0.29) is 5.97 Å². The zero-order valence-electron chi connectivity index (χ0n) is 10.9. The Morgan fingerprint density at radius 3 is 2.37 bits per heavy atom. The molecule has 0 heterocycles. The summed E-state index contributed by atoms with van der Waals surface area (Å²) in [7, 11) is 0. The Labute approximate surface area is 121 Å². The minimum Gasteiger partial charge on any atom is -0.423 e. The predicted octanol–water partition coefficient (Wildman–Crippen LogP) is 4.79. The lowest BCUT2D eigenvalue weighted by Gasteiger charge is -2.07. The smallest absolute Gasteiger partial charge is 0.343 e. The summed E-state index contributed by atoms with van der Waals surface area (Å²) in [6.45, 7) is 4.25. The van der Waals surface area contributed by atoms with Gasteiger partial charge in [0.15, 0.2) is 0 Å². The molecule has 0 aliphatic carbocycles. The fourth-order valence-electron chi connectivity index (χ4n) is 1.70. The maximum atomic E-state index is 11.9. The molecule has 0 aromatic heterocycles. The average Bonchev–Trinajstić information content (AvgIpc) is 2.39. The number of rotatable bonds is 3. The van der Waals surface area contributed by atoms with Gasteiger partial charge in [-0.2, -0.15) is 0 Å². The SMILES string of the molecule is CC(C)c1ccc(OC(=O)c2cccc(Br)c2)cc1. The second-order valence-corrected chi connectivity index (χ2v) is 5.54. The first-order chi connectivity index (χ1) is 9.06. The third kappa shape index (κ3) is 3.67. The normalized spacial score (nSPS) is 10.5. The Hall–Kier alpha value is -1.61. The van der Waals surface area contributed by atoms with Crippen molar-refractivity contribution in [2.75, 3.05) is 0 Å². The summed E-state index contributed by atoms with van der Waals surface area (Å²) in [4.78, 5) is 11.9. The molecule has 0 bridgehead atoms. The van der Waals surface area contributed by atoms with Crippen LogP contribution in [0, 0.1) is 0 Å². The van der Waals surface area contributed by atoms with Crippen LogP contribution in [0.3, 0.4) is 0 Å². The lowest BCUT2D eigenvalue weighted by molar-refractivity contribution is 0.0734. The first-order valence-corrected chi connectivity index (χ1v) is 6.93. The van der Waals surface area contributed by atoms with Gasteiger partial charge in [-0.25, -0.2) is 4.79 Å². The minimum atomic E-state index is -0.349. The van der Waals surface area contributed by atoms with Gasteiger partial charge in [0.25, 0.3) is 0 Å². The Morgan fingerprint density at radius 1 is 1.11 bits per heavy atom. The van der Waals surface area contributed by atoms with Gasteiger partial charge in [0.05, 0.1) is 5.56 Å². The lowest BCUT2D eigenvalue weighted by Crippen LogP contribution is -2.08. The van der Waals surface area contributed by atoms with Gasteiger partial charge in [0, 0.05) is 4.47 Å². The molecule has 2 nitrogen and oxygen atoms in total. The van der Waals surface area contributed by atoms with Gasteiger partial charge in [-0.1, -0.05) is 48.0 Å². The van der Waals surface area contributed by atoms with Crippen LogP contribution in [0.4, 0.5) is 0 Å². The number of hydrogen-bond acceptors (Lipinski definition) is 2. The maximum absolute atomic E-state index is 11.9. The highest BCUT2D eigenvalue weighted by Crippen LogP contribution is 2.20. The maximum Gasteiger partial charge on any atom is 0.343 e. The van der Waals surface area contributed by atoms with E-state index in [9.17, 15) is 4.79 Å². The number of benzene rings is 2. The summed E-state index contributed by atoms with van der Waals surface area (Å²) < 4.78 is 6.19. The predicted molar refractivity (Wildman–Crippen MR) is 79.6 cm³/mol. The van der Waals surface area contributed by atoms with Crippen molar-refractivity contribution in [2.24, 2.45) is 0 Å². The largest absolute Gasteiger partial charge is 0.423 e. The van der Waals surface area contributed by atoms with E-state index >= 15 is 0 Å². The molecule has 0 fully saturated rings. The van der Waals surface area contributed by atoms with E-state index in [4.69, 9.17) is 4.74 Å². The number of ether oxygens (including phenoxy) is 1. The average molecular weight is 319 g/mol. The van der Waals surface area contributed by atoms with Crippen molar-refractivity contribution in [2.45, 2.75) is 19.8 Å². The molecule has 2 aromatic rings. The fourth-order valence-corrected chi connectivity index (χ4v) is 2.10. The molecular weight excluding hydrogens is 304 g/mol. The Balaban J connectivity index is 2.10.